The van der Waals surface area contributed by atoms with E-state index in [0.717, 1.165) is 15.8 Å². The zero-order valence-corrected chi connectivity index (χ0v) is 16.6. The van der Waals surface area contributed by atoms with Gasteiger partial charge in [-0.05, 0) is 42.8 Å². The number of hydrogen-bond acceptors (Lipinski definition) is 4. The van der Waals surface area contributed by atoms with Gasteiger partial charge in [-0.2, -0.15) is 4.99 Å². The van der Waals surface area contributed by atoms with Crippen molar-refractivity contribution in [2.75, 3.05) is 5.75 Å². The molecule has 27 heavy (non-hydrogen) atoms. The number of nitrogens with zero attached hydrogens (tertiary/aromatic N) is 2. The van der Waals surface area contributed by atoms with Gasteiger partial charge in [-0.25, -0.2) is 8.42 Å². The molecule has 1 aromatic heterocycles. The lowest BCUT2D eigenvalue weighted by atomic mass is 10.2. The van der Waals surface area contributed by atoms with Crippen molar-refractivity contribution in [1.29, 1.82) is 0 Å². The van der Waals surface area contributed by atoms with E-state index in [9.17, 15) is 13.2 Å². The molecule has 2 aromatic carbocycles. The number of hydrogen-bond donors (Lipinski definition) is 0. The Balaban J connectivity index is 2.12. The molecule has 0 saturated heterocycles. The Bertz CT molecular complexity index is 1240. The van der Waals surface area contributed by atoms with Gasteiger partial charge < -0.3 is 4.57 Å². The van der Waals surface area contributed by atoms with E-state index in [-0.39, 0.29) is 16.2 Å². The molecule has 0 atom stereocenters. The fourth-order valence-corrected chi connectivity index (χ4v) is 4.70. The Hall–Kier alpha value is -2.69. The van der Waals surface area contributed by atoms with Crippen LogP contribution in [0.4, 0.5) is 0 Å². The number of rotatable bonds is 4. The third-order valence-electron chi connectivity index (χ3n) is 4.10. The van der Waals surface area contributed by atoms with Crippen LogP contribution in [-0.2, 0) is 16.4 Å². The van der Waals surface area contributed by atoms with Crippen LogP contribution in [0.1, 0.15) is 22.8 Å². The van der Waals surface area contributed by atoms with Gasteiger partial charge in [-0.15, -0.1) is 6.42 Å². The molecule has 0 radical (unpaired) electrons. The SMILES string of the molecule is C#CCn1c(=NC(=O)c2cccc(S(=O)(=O)CC)c2)sc2cc(C)ccc21. The van der Waals surface area contributed by atoms with Crippen molar-refractivity contribution >= 4 is 37.3 Å². The first-order chi connectivity index (χ1) is 12.9. The van der Waals surface area contributed by atoms with Crippen molar-refractivity contribution in [3.05, 3.63) is 58.4 Å². The van der Waals surface area contributed by atoms with Crippen LogP contribution >= 0.6 is 11.3 Å². The van der Waals surface area contributed by atoms with E-state index in [0.29, 0.717) is 11.3 Å². The number of carbonyl (C=O) groups is 1. The first-order valence-electron chi connectivity index (χ1n) is 8.31. The van der Waals surface area contributed by atoms with Gasteiger partial charge in [0.2, 0.25) is 0 Å². The van der Waals surface area contributed by atoms with Crippen LogP contribution in [0.3, 0.4) is 0 Å². The van der Waals surface area contributed by atoms with Crippen molar-refractivity contribution in [1.82, 2.24) is 4.57 Å². The third kappa shape index (κ3) is 3.87. The number of fused-ring (bicyclic) bond motifs is 1. The van der Waals surface area contributed by atoms with E-state index in [2.05, 4.69) is 10.9 Å². The summed E-state index contributed by atoms with van der Waals surface area (Å²) in [6, 6.07) is 11.9. The van der Waals surface area contributed by atoms with Gasteiger partial charge in [0.25, 0.3) is 5.91 Å². The molecule has 0 unspecified atom stereocenters. The monoisotopic (exact) mass is 398 g/mol. The molecule has 0 saturated carbocycles. The first kappa shape index (κ1) is 19.1. The summed E-state index contributed by atoms with van der Waals surface area (Å²) in [7, 11) is -3.39. The van der Waals surface area contributed by atoms with Crippen molar-refractivity contribution in [2.24, 2.45) is 4.99 Å². The molecule has 0 aliphatic rings. The largest absolute Gasteiger partial charge is 0.305 e. The maximum Gasteiger partial charge on any atom is 0.279 e. The van der Waals surface area contributed by atoms with Gasteiger partial charge in [0.05, 0.1) is 27.4 Å². The summed E-state index contributed by atoms with van der Waals surface area (Å²) in [4.78, 5) is 17.5. The highest BCUT2D eigenvalue weighted by Crippen LogP contribution is 2.19. The highest BCUT2D eigenvalue weighted by Gasteiger charge is 2.15. The Kier molecular flexibility index (Phi) is 5.31. The summed E-state index contributed by atoms with van der Waals surface area (Å²) < 4.78 is 26.9. The fourth-order valence-electron chi connectivity index (χ4n) is 2.65. The third-order valence-corrected chi connectivity index (χ3v) is 6.88. The number of thiazole rings is 1. The number of terminal acetylenes is 1. The van der Waals surface area contributed by atoms with Crippen molar-refractivity contribution in [2.45, 2.75) is 25.3 Å². The number of aromatic nitrogens is 1. The van der Waals surface area contributed by atoms with Crippen LogP contribution in [-0.4, -0.2) is 24.6 Å². The molecule has 0 aliphatic heterocycles. The van der Waals surface area contributed by atoms with E-state index in [1.165, 1.54) is 23.5 Å². The Morgan fingerprint density at radius 3 is 2.74 bits per heavy atom. The molecule has 0 aliphatic carbocycles. The average molecular weight is 399 g/mol. The maximum atomic E-state index is 12.7. The molecule has 138 valence electrons. The highest BCUT2D eigenvalue weighted by atomic mass is 32.2. The second-order valence-electron chi connectivity index (χ2n) is 5.99. The van der Waals surface area contributed by atoms with Crippen molar-refractivity contribution < 1.29 is 13.2 Å². The van der Waals surface area contributed by atoms with E-state index in [4.69, 9.17) is 6.42 Å². The van der Waals surface area contributed by atoms with Crippen LogP contribution in [0, 0.1) is 19.3 Å². The molecule has 1 amide bonds. The summed E-state index contributed by atoms with van der Waals surface area (Å²) in [5.41, 5.74) is 2.25. The molecule has 3 aromatic rings. The van der Waals surface area contributed by atoms with Crippen LogP contribution in [0.15, 0.2) is 52.4 Å². The standard InChI is InChI=1S/C20H18N2O3S2/c1-4-11-22-17-10-9-14(3)12-18(17)26-20(22)21-19(23)15-7-6-8-16(13-15)27(24,25)5-2/h1,6-10,12-13H,5,11H2,2-3H3. The summed E-state index contributed by atoms with van der Waals surface area (Å²) in [5, 5.41) is 0. The smallest absolute Gasteiger partial charge is 0.279 e. The molecule has 0 N–H and O–H groups in total. The quantitative estimate of drug-likeness (QED) is 0.634. The summed E-state index contributed by atoms with van der Waals surface area (Å²) >= 11 is 1.38. The van der Waals surface area contributed by atoms with Crippen LogP contribution in [0.2, 0.25) is 0 Å². The fraction of sp³-hybridized carbons (Fsp3) is 0.200. The molecular formula is C20H18N2O3S2. The van der Waals surface area contributed by atoms with Crippen molar-refractivity contribution in [3.63, 3.8) is 0 Å². The minimum atomic E-state index is -3.39. The summed E-state index contributed by atoms with van der Waals surface area (Å²) in [5.74, 6) is 2.06. The van der Waals surface area contributed by atoms with Crippen LogP contribution in [0.25, 0.3) is 10.2 Å². The lowest BCUT2D eigenvalue weighted by Crippen LogP contribution is -2.16. The second-order valence-corrected chi connectivity index (χ2v) is 9.28. The highest BCUT2D eigenvalue weighted by molar-refractivity contribution is 7.91. The number of carbonyl (C=O) groups excluding carboxylic acids is 1. The Labute approximate surface area is 161 Å². The molecule has 1 heterocycles. The number of benzene rings is 2. The van der Waals surface area contributed by atoms with Crippen LogP contribution in [0.5, 0.6) is 0 Å². The minimum Gasteiger partial charge on any atom is -0.305 e. The normalized spacial score (nSPS) is 12.3. The number of amides is 1. The van der Waals surface area contributed by atoms with Gasteiger partial charge >= 0.3 is 0 Å². The van der Waals surface area contributed by atoms with E-state index >= 15 is 0 Å². The van der Waals surface area contributed by atoms with Gasteiger partial charge in [0.15, 0.2) is 14.6 Å². The molecule has 0 fully saturated rings. The van der Waals surface area contributed by atoms with Gasteiger partial charge in [0, 0.05) is 5.56 Å². The summed E-state index contributed by atoms with van der Waals surface area (Å²) in [6.07, 6.45) is 5.48. The molecule has 7 heteroatoms. The van der Waals surface area contributed by atoms with Crippen molar-refractivity contribution in [3.8, 4) is 12.3 Å². The first-order valence-corrected chi connectivity index (χ1v) is 10.8. The van der Waals surface area contributed by atoms with E-state index in [1.807, 2.05) is 29.7 Å². The average Bonchev–Trinajstić information content (AvgIpc) is 2.98. The van der Waals surface area contributed by atoms with Gasteiger partial charge in [0.1, 0.15) is 0 Å². The Morgan fingerprint density at radius 1 is 1.26 bits per heavy atom. The maximum absolute atomic E-state index is 12.7. The Morgan fingerprint density at radius 2 is 2.04 bits per heavy atom. The lowest BCUT2D eigenvalue weighted by molar-refractivity contribution is 0.0997. The molecule has 0 bridgehead atoms. The molecule has 5 nitrogen and oxygen atoms in total. The lowest BCUT2D eigenvalue weighted by Gasteiger charge is -2.03. The van der Waals surface area contributed by atoms with E-state index in [1.54, 1.807) is 19.1 Å². The van der Waals surface area contributed by atoms with Crippen LogP contribution < -0.4 is 4.80 Å². The number of aryl methyl sites for hydroxylation is 1. The number of sulfone groups is 1. The predicted molar refractivity (Wildman–Crippen MR) is 107 cm³/mol. The van der Waals surface area contributed by atoms with Gasteiger partial charge in [-0.3, -0.25) is 4.79 Å². The second kappa shape index (κ2) is 7.51. The molecule has 0 spiro atoms. The minimum absolute atomic E-state index is 0.0282. The van der Waals surface area contributed by atoms with Gasteiger partial charge in [-0.1, -0.05) is 36.3 Å². The van der Waals surface area contributed by atoms with E-state index < -0.39 is 15.7 Å². The zero-order valence-electron chi connectivity index (χ0n) is 15.0. The molecule has 3 rings (SSSR count). The molecular weight excluding hydrogens is 380 g/mol. The summed E-state index contributed by atoms with van der Waals surface area (Å²) in [6.45, 7) is 3.85. The topological polar surface area (TPSA) is 68.5 Å². The zero-order chi connectivity index (χ0) is 19.6. The predicted octanol–water partition coefficient (Wildman–Crippen LogP) is 3.18.